The summed E-state index contributed by atoms with van der Waals surface area (Å²) in [6.07, 6.45) is 0. The van der Waals surface area contributed by atoms with Crippen molar-refractivity contribution < 1.29 is 9.90 Å². The lowest BCUT2D eigenvalue weighted by Crippen LogP contribution is -2.10. The lowest BCUT2D eigenvalue weighted by Gasteiger charge is -2.10. The molecule has 7 heteroatoms. The summed E-state index contributed by atoms with van der Waals surface area (Å²) < 4.78 is 0. The van der Waals surface area contributed by atoms with E-state index in [0.717, 1.165) is 10.7 Å². The summed E-state index contributed by atoms with van der Waals surface area (Å²) in [5.74, 6) is -0.557. The minimum atomic E-state index is -1.09. The van der Waals surface area contributed by atoms with E-state index in [0.29, 0.717) is 5.82 Å². The van der Waals surface area contributed by atoms with Gasteiger partial charge in [-0.15, -0.1) is 21.5 Å². The van der Waals surface area contributed by atoms with Crippen molar-refractivity contribution in [2.24, 2.45) is 0 Å². The maximum atomic E-state index is 10.6. The molecule has 0 fully saturated rings. The molecule has 0 saturated carbocycles. The van der Waals surface area contributed by atoms with Crippen LogP contribution < -0.4 is 5.32 Å². The minimum Gasteiger partial charge on any atom is -0.476 e. The molecule has 0 radical (unpaired) electrons. The number of aryl methyl sites for hydroxylation is 1. The molecule has 94 valence electrons. The second kappa shape index (κ2) is 5.09. The normalized spacial score (nSPS) is 12.1. The summed E-state index contributed by atoms with van der Waals surface area (Å²) in [4.78, 5) is 15.0. The summed E-state index contributed by atoms with van der Waals surface area (Å²) in [7, 11) is 0. The molecule has 1 unspecified atom stereocenters. The van der Waals surface area contributed by atoms with Gasteiger partial charge in [0.1, 0.15) is 10.8 Å². The number of thiazole rings is 1. The first kappa shape index (κ1) is 12.4. The van der Waals surface area contributed by atoms with Crippen LogP contribution in [0.5, 0.6) is 0 Å². The average molecular weight is 264 g/mol. The number of carbonyl (C=O) groups is 1. The largest absolute Gasteiger partial charge is 0.476 e. The van der Waals surface area contributed by atoms with Gasteiger partial charge in [-0.05, 0) is 26.0 Å². The molecule has 1 atom stereocenters. The highest BCUT2D eigenvalue weighted by Crippen LogP contribution is 2.20. The SMILES string of the molecule is Cc1csc(C(C)Nc2ccc(C(=O)O)nn2)n1. The maximum absolute atomic E-state index is 10.6. The van der Waals surface area contributed by atoms with Gasteiger partial charge in [-0.1, -0.05) is 0 Å². The summed E-state index contributed by atoms with van der Waals surface area (Å²) in [6, 6.07) is 3.01. The third kappa shape index (κ3) is 2.80. The van der Waals surface area contributed by atoms with Gasteiger partial charge in [0.25, 0.3) is 0 Å². The number of rotatable bonds is 4. The molecule has 2 rings (SSSR count). The van der Waals surface area contributed by atoms with Crippen LogP contribution >= 0.6 is 11.3 Å². The molecule has 0 bridgehead atoms. The number of anilines is 1. The first-order chi connectivity index (χ1) is 8.56. The summed E-state index contributed by atoms with van der Waals surface area (Å²) in [5.41, 5.74) is 0.911. The van der Waals surface area contributed by atoms with Crippen molar-refractivity contribution in [3.05, 3.63) is 33.9 Å². The smallest absolute Gasteiger partial charge is 0.356 e. The van der Waals surface area contributed by atoms with Crippen molar-refractivity contribution in [3.63, 3.8) is 0 Å². The fourth-order valence-electron chi connectivity index (χ4n) is 1.38. The average Bonchev–Trinajstić information content (AvgIpc) is 2.76. The number of nitrogens with one attached hydrogen (secondary N) is 1. The predicted molar refractivity (Wildman–Crippen MR) is 67.9 cm³/mol. The highest BCUT2D eigenvalue weighted by Gasteiger charge is 2.11. The summed E-state index contributed by atoms with van der Waals surface area (Å²) in [5, 5.41) is 22.2. The van der Waals surface area contributed by atoms with E-state index in [2.05, 4.69) is 20.5 Å². The Hall–Kier alpha value is -2.02. The number of nitrogens with zero attached hydrogens (tertiary/aromatic N) is 3. The molecule has 2 heterocycles. The molecule has 0 aliphatic heterocycles. The monoisotopic (exact) mass is 264 g/mol. The van der Waals surface area contributed by atoms with Crippen molar-refractivity contribution in [1.29, 1.82) is 0 Å². The first-order valence-corrected chi connectivity index (χ1v) is 6.20. The van der Waals surface area contributed by atoms with E-state index >= 15 is 0 Å². The molecule has 0 aromatic carbocycles. The third-order valence-electron chi connectivity index (χ3n) is 2.26. The van der Waals surface area contributed by atoms with Crippen LogP contribution in [0.3, 0.4) is 0 Å². The van der Waals surface area contributed by atoms with E-state index in [4.69, 9.17) is 5.11 Å². The van der Waals surface area contributed by atoms with Crippen LogP contribution in [0.2, 0.25) is 0 Å². The summed E-state index contributed by atoms with van der Waals surface area (Å²) >= 11 is 1.57. The van der Waals surface area contributed by atoms with Gasteiger partial charge in [0.05, 0.1) is 6.04 Å². The lowest BCUT2D eigenvalue weighted by atomic mass is 10.3. The molecular weight excluding hydrogens is 252 g/mol. The molecule has 0 saturated heterocycles. The third-order valence-corrected chi connectivity index (χ3v) is 3.40. The highest BCUT2D eigenvalue weighted by molar-refractivity contribution is 7.09. The number of hydrogen-bond acceptors (Lipinski definition) is 6. The van der Waals surface area contributed by atoms with Crippen LogP contribution in [-0.2, 0) is 0 Å². The summed E-state index contributed by atoms with van der Waals surface area (Å²) in [6.45, 7) is 3.90. The standard InChI is InChI=1S/C11H12N4O2S/c1-6-5-18-10(12-6)7(2)13-9-4-3-8(11(16)17)14-15-9/h3-5,7H,1-2H3,(H,13,15)(H,16,17). The fourth-order valence-corrected chi connectivity index (χ4v) is 2.18. The molecule has 2 N–H and O–H groups in total. The van der Waals surface area contributed by atoms with Crippen molar-refractivity contribution in [3.8, 4) is 0 Å². The van der Waals surface area contributed by atoms with E-state index in [-0.39, 0.29) is 11.7 Å². The highest BCUT2D eigenvalue weighted by atomic mass is 32.1. The second-order valence-electron chi connectivity index (χ2n) is 3.80. The molecule has 2 aromatic rings. The minimum absolute atomic E-state index is 0.00804. The Balaban J connectivity index is 2.07. The van der Waals surface area contributed by atoms with Crippen LogP contribution in [0.4, 0.5) is 5.82 Å². The van der Waals surface area contributed by atoms with Crippen molar-refractivity contribution in [2.75, 3.05) is 5.32 Å². The molecule has 0 amide bonds. The van der Waals surface area contributed by atoms with Gasteiger partial charge < -0.3 is 10.4 Å². The Kier molecular flexibility index (Phi) is 3.52. The van der Waals surface area contributed by atoms with Crippen LogP contribution in [0, 0.1) is 6.92 Å². The zero-order valence-corrected chi connectivity index (χ0v) is 10.7. The number of aromatic carboxylic acids is 1. The van der Waals surface area contributed by atoms with Crippen molar-refractivity contribution in [2.45, 2.75) is 19.9 Å². The Morgan fingerprint density at radius 1 is 1.44 bits per heavy atom. The van der Waals surface area contributed by atoms with E-state index in [1.165, 1.54) is 6.07 Å². The van der Waals surface area contributed by atoms with E-state index in [9.17, 15) is 4.79 Å². The Bertz CT molecular complexity index is 552. The van der Waals surface area contributed by atoms with Gasteiger partial charge in [-0.3, -0.25) is 0 Å². The van der Waals surface area contributed by atoms with Gasteiger partial charge in [0.15, 0.2) is 5.69 Å². The quantitative estimate of drug-likeness (QED) is 0.879. The number of carboxylic acids is 1. The Morgan fingerprint density at radius 3 is 2.72 bits per heavy atom. The molecular formula is C11H12N4O2S. The van der Waals surface area contributed by atoms with Crippen molar-refractivity contribution >= 4 is 23.1 Å². The zero-order valence-electron chi connectivity index (χ0n) is 9.91. The second-order valence-corrected chi connectivity index (χ2v) is 4.69. The molecule has 0 aliphatic carbocycles. The first-order valence-electron chi connectivity index (χ1n) is 5.32. The number of carboxylic acid groups (broad SMARTS) is 1. The van der Waals surface area contributed by atoms with Gasteiger partial charge in [0, 0.05) is 11.1 Å². The molecule has 6 nitrogen and oxygen atoms in total. The zero-order chi connectivity index (χ0) is 13.1. The lowest BCUT2D eigenvalue weighted by molar-refractivity contribution is 0.0689. The Morgan fingerprint density at radius 2 is 2.22 bits per heavy atom. The fraction of sp³-hybridized carbons (Fsp3) is 0.273. The van der Waals surface area contributed by atoms with E-state index in [1.807, 2.05) is 19.2 Å². The Labute approximate surface area is 108 Å². The molecule has 2 aromatic heterocycles. The van der Waals surface area contributed by atoms with Crippen LogP contribution in [0.25, 0.3) is 0 Å². The van der Waals surface area contributed by atoms with E-state index in [1.54, 1.807) is 17.4 Å². The van der Waals surface area contributed by atoms with Gasteiger partial charge in [-0.2, -0.15) is 0 Å². The molecule has 0 aliphatic rings. The molecule has 18 heavy (non-hydrogen) atoms. The maximum Gasteiger partial charge on any atom is 0.356 e. The number of aromatic nitrogens is 3. The van der Waals surface area contributed by atoms with Crippen LogP contribution in [0.15, 0.2) is 17.5 Å². The van der Waals surface area contributed by atoms with Crippen molar-refractivity contribution in [1.82, 2.24) is 15.2 Å². The topological polar surface area (TPSA) is 88.0 Å². The van der Waals surface area contributed by atoms with Gasteiger partial charge >= 0.3 is 5.97 Å². The van der Waals surface area contributed by atoms with Crippen LogP contribution in [-0.4, -0.2) is 26.3 Å². The van der Waals surface area contributed by atoms with Gasteiger partial charge in [0.2, 0.25) is 0 Å². The van der Waals surface area contributed by atoms with Crippen LogP contribution in [0.1, 0.15) is 34.2 Å². The predicted octanol–water partition coefficient (Wildman–Crippen LogP) is 2.11. The van der Waals surface area contributed by atoms with Gasteiger partial charge in [-0.25, -0.2) is 9.78 Å². The molecule has 0 spiro atoms. The number of hydrogen-bond donors (Lipinski definition) is 2. The van der Waals surface area contributed by atoms with E-state index < -0.39 is 5.97 Å².